The summed E-state index contributed by atoms with van der Waals surface area (Å²) in [5, 5.41) is 15.7. The molecule has 2 N–H and O–H groups in total. The molecule has 0 bridgehead atoms. The minimum Gasteiger partial charge on any atom is -0.325 e. The van der Waals surface area contributed by atoms with Crippen LogP contribution in [0.2, 0.25) is 0 Å². The van der Waals surface area contributed by atoms with E-state index in [0.29, 0.717) is 10.9 Å². The predicted octanol–water partition coefficient (Wildman–Crippen LogP) is 2.40. The number of anilines is 1. The van der Waals surface area contributed by atoms with E-state index in [1.54, 1.807) is 0 Å². The van der Waals surface area contributed by atoms with Crippen molar-refractivity contribution in [1.29, 1.82) is 0 Å². The SMILES string of the molecule is CCc1ccccc1NC(=O)CSc1nnc2[nH]c(=O)c(C(C)(C)C)nn12. The molecule has 9 heteroatoms. The van der Waals surface area contributed by atoms with Crippen molar-refractivity contribution in [3.8, 4) is 0 Å². The average Bonchev–Trinajstić information content (AvgIpc) is 3.00. The van der Waals surface area contributed by atoms with Crippen LogP contribution in [-0.2, 0) is 16.6 Å². The number of rotatable bonds is 5. The van der Waals surface area contributed by atoms with Crippen LogP contribution in [0.3, 0.4) is 0 Å². The van der Waals surface area contributed by atoms with Crippen molar-refractivity contribution in [3.63, 3.8) is 0 Å². The highest BCUT2D eigenvalue weighted by molar-refractivity contribution is 7.99. The monoisotopic (exact) mass is 386 g/mol. The van der Waals surface area contributed by atoms with Gasteiger partial charge in [-0.1, -0.05) is 57.7 Å². The van der Waals surface area contributed by atoms with Gasteiger partial charge in [0.1, 0.15) is 5.69 Å². The Morgan fingerprint density at radius 2 is 2.00 bits per heavy atom. The van der Waals surface area contributed by atoms with Gasteiger partial charge in [-0.15, -0.1) is 10.2 Å². The number of hydrogen-bond acceptors (Lipinski definition) is 6. The first-order chi connectivity index (χ1) is 12.8. The molecule has 0 aliphatic carbocycles. The van der Waals surface area contributed by atoms with Crippen molar-refractivity contribution >= 4 is 29.1 Å². The molecule has 27 heavy (non-hydrogen) atoms. The first kappa shape index (κ1) is 19.1. The van der Waals surface area contributed by atoms with E-state index < -0.39 is 5.41 Å². The molecule has 1 aromatic carbocycles. The molecule has 8 nitrogen and oxygen atoms in total. The zero-order valence-electron chi connectivity index (χ0n) is 15.7. The molecule has 0 unspecified atom stereocenters. The van der Waals surface area contributed by atoms with E-state index >= 15 is 0 Å². The van der Waals surface area contributed by atoms with Gasteiger partial charge in [0.25, 0.3) is 11.3 Å². The Morgan fingerprint density at radius 3 is 2.70 bits per heavy atom. The molecule has 142 valence electrons. The van der Waals surface area contributed by atoms with E-state index in [1.165, 1.54) is 16.3 Å². The standard InChI is InChI=1S/C18H22N6O2S/c1-5-11-8-6-7-9-12(11)19-13(25)10-27-17-22-21-16-20-15(26)14(18(2,3)4)23-24(16)17/h6-9H,5,10H2,1-4H3,(H,19,25)(H,20,21,26). The van der Waals surface area contributed by atoms with Crippen molar-refractivity contribution in [2.24, 2.45) is 0 Å². The number of carbonyl (C=O) groups excluding carboxylic acids is 1. The number of carbonyl (C=O) groups is 1. The zero-order chi connectivity index (χ0) is 19.6. The summed E-state index contributed by atoms with van der Waals surface area (Å²) in [7, 11) is 0. The summed E-state index contributed by atoms with van der Waals surface area (Å²) >= 11 is 1.22. The predicted molar refractivity (Wildman–Crippen MR) is 105 cm³/mol. The largest absolute Gasteiger partial charge is 0.325 e. The average molecular weight is 386 g/mol. The van der Waals surface area contributed by atoms with Gasteiger partial charge in [-0.3, -0.25) is 14.6 Å². The molecule has 3 rings (SSSR count). The lowest BCUT2D eigenvalue weighted by molar-refractivity contribution is -0.113. The van der Waals surface area contributed by atoms with E-state index in [4.69, 9.17) is 0 Å². The minimum absolute atomic E-state index is 0.141. The van der Waals surface area contributed by atoms with E-state index in [2.05, 4.69) is 25.6 Å². The van der Waals surface area contributed by atoms with Crippen molar-refractivity contribution in [2.45, 2.75) is 44.7 Å². The fourth-order valence-electron chi connectivity index (χ4n) is 2.59. The van der Waals surface area contributed by atoms with Gasteiger partial charge in [0, 0.05) is 11.1 Å². The Morgan fingerprint density at radius 1 is 1.26 bits per heavy atom. The molecule has 0 aliphatic rings. The quantitative estimate of drug-likeness (QED) is 0.653. The van der Waals surface area contributed by atoms with Gasteiger partial charge >= 0.3 is 0 Å². The summed E-state index contributed by atoms with van der Waals surface area (Å²) < 4.78 is 1.47. The van der Waals surface area contributed by atoms with Gasteiger partial charge in [0.2, 0.25) is 11.1 Å². The number of hydrogen-bond donors (Lipinski definition) is 2. The van der Waals surface area contributed by atoms with Crippen molar-refractivity contribution < 1.29 is 4.79 Å². The van der Waals surface area contributed by atoms with Crippen LogP contribution in [0.15, 0.2) is 34.2 Å². The number of aryl methyl sites for hydroxylation is 1. The van der Waals surface area contributed by atoms with Crippen LogP contribution in [0.5, 0.6) is 0 Å². The van der Waals surface area contributed by atoms with E-state index in [1.807, 2.05) is 52.0 Å². The molecule has 0 atom stereocenters. The van der Waals surface area contributed by atoms with Crippen LogP contribution in [0.1, 0.15) is 39.0 Å². The Kier molecular flexibility index (Phi) is 5.31. The van der Waals surface area contributed by atoms with Crippen LogP contribution in [-0.4, -0.2) is 36.5 Å². The third-order valence-corrected chi connectivity index (χ3v) is 4.89. The van der Waals surface area contributed by atoms with E-state index in [9.17, 15) is 9.59 Å². The molecule has 0 spiro atoms. The van der Waals surface area contributed by atoms with Crippen molar-refractivity contribution in [1.82, 2.24) is 24.8 Å². The fraction of sp³-hybridized carbons (Fsp3) is 0.389. The topological polar surface area (TPSA) is 105 Å². The maximum absolute atomic E-state index is 12.3. The van der Waals surface area contributed by atoms with Crippen molar-refractivity contribution in [3.05, 3.63) is 45.9 Å². The van der Waals surface area contributed by atoms with Gasteiger partial charge in [0.05, 0.1) is 5.75 Å². The molecule has 1 amide bonds. The van der Waals surface area contributed by atoms with Crippen LogP contribution in [0.25, 0.3) is 5.78 Å². The lowest BCUT2D eigenvalue weighted by Gasteiger charge is -2.15. The van der Waals surface area contributed by atoms with Gasteiger partial charge in [-0.05, 0) is 18.1 Å². The van der Waals surface area contributed by atoms with Gasteiger partial charge in [-0.2, -0.15) is 9.61 Å². The molecular weight excluding hydrogens is 364 g/mol. The minimum atomic E-state index is -0.421. The van der Waals surface area contributed by atoms with Crippen molar-refractivity contribution in [2.75, 3.05) is 11.1 Å². The number of fused-ring (bicyclic) bond motifs is 1. The number of aromatic nitrogens is 5. The second-order valence-corrected chi connectivity index (χ2v) is 8.06. The molecule has 0 aliphatic heterocycles. The first-order valence-corrected chi connectivity index (χ1v) is 9.65. The van der Waals surface area contributed by atoms with Gasteiger partial charge in [0.15, 0.2) is 0 Å². The second kappa shape index (κ2) is 7.51. The smallest absolute Gasteiger partial charge is 0.274 e. The molecule has 0 radical (unpaired) electrons. The van der Waals surface area contributed by atoms with E-state index in [0.717, 1.165) is 17.7 Å². The number of thioether (sulfide) groups is 1. The Balaban J connectivity index is 1.77. The van der Waals surface area contributed by atoms with E-state index in [-0.39, 0.29) is 23.0 Å². The summed E-state index contributed by atoms with van der Waals surface area (Å²) in [4.78, 5) is 27.2. The maximum atomic E-state index is 12.3. The lowest BCUT2D eigenvalue weighted by atomic mass is 9.93. The number of nitrogens with zero attached hydrogens (tertiary/aromatic N) is 4. The highest BCUT2D eigenvalue weighted by Crippen LogP contribution is 2.20. The number of para-hydroxylation sites is 1. The number of nitrogens with one attached hydrogen (secondary N) is 2. The van der Waals surface area contributed by atoms with Crippen LogP contribution < -0.4 is 10.9 Å². The second-order valence-electron chi connectivity index (χ2n) is 7.12. The molecular formula is C18H22N6O2S. The summed E-state index contributed by atoms with van der Waals surface area (Å²) in [5.41, 5.74) is 1.58. The molecule has 0 saturated heterocycles. The molecule has 0 saturated carbocycles. The molecule has 2 heterocycles. The third kappa shape index (κ3) is 4.19. The zero-order valence-corrected chi connectivity index (χ0v) is 16.6. The molecule has 0 fully saturated rings. The van der Waals surface area contributed by atoms with Crippen LogP contribution >= 0.6 is 11.8 Å². The Labute approximate surface area is 160 Å². The fourth-order valence-corrected chi connectivity index (χ4v) is 3.27. The van der Waals surface area contributed by atoms with Crippen LogP contribution in [0, 0.1) is 0 Å². The van der Waals surface area contributed by atoms with Gasteiger partial charge < -0.3 is 5.32 Å². The normalized spacial score (nSPS) is 11.7. The number of H-pyrrole nitrogens is 1. The third-order valence-electron chi connectivity index (χ3n) is 3.97. The number of aromatic amines is 1. The highest BCUT2D eigenvalue weighted by Gasteiger charge is 2.22. The molecule has 3 aromatic rings. The van der Waals surface area contributed by atoms with Crippen LogP contribution in [0.4, 0.5) is 5.69 Å². The number of amides is 1. The maximum Gasteiger partial charge on any atom is 0.274 e. The molecule has 2 aromatic heterocycles. The Bertz CT molecular complexity index is 1030. The highest BCUT2D eigenvalue weighted by atomic mass is 32.2. The summed E-state index contributed by atoms with van der Waals surface area (Å²) in [6.07, 6.45) is 0.839. The van der Waals surface area contributed by atoms with Gasteiger partial charge in [-0.25, -0.2) is 0 Å². The first-order valence-electron chi connectivity index (χ1n) is 8.66. The summed E-state index contributed by atoms with van der Waals surface area (Å²) in [6, 6.07) is 7.71. The lowest BCUT2D eigenvalue weighted by Crippen LogP contribution is -2.28. The summed E-state index contributed by atoms with van der Waals surface area (Å²) in [5.74, 6) is 0.273. The summed E-state index contributed by atoms with van der Waals surface area (Å²) in [6.45, 7) is 7.77. The Hall–Kier alpha value is -2.68. The number of benzene rings is 1.